The third kappa shape index (κ3) is 3.74. The molecule has 0 aliphatic carbocycles. The number of urea groups is 1. The maximum absolute atomic E-state index is 12.8. The summed E-state index contributed by atoms with van der Waals surface area (Å²) in [5.41, 5.74) is 0.516. The van der Waals surface area contributed by atoms with Crippen LogP contribution in [-0.2, 0) is 9.59 Å². The van der Waals surface area contributed by atoms with Crippen LogP contribution in [0.25, 0.3) is 6.08 Å². The van der Waals surface area contributed by atoms with Crippen molar-refractivity contribution in [2.75, 3.05) is 12.0 Å². The van der Waals surface area contributed by atoms with E-state index in [0.717, 1.165) is 4.90 Å². The predicted octanol–water partition coefficient (Wildman–Crippen LogP) is 3.59. The SMILES string of the molecule is COc1cc(/C=C2\C(=O)NC(=O)N(c3cccc(Br)c3)C2=O)cc(Br)c1O. The van der Waals surface area contributed by atoms with Gasteiger partial charge in [0.1, 0.15) is 5.57 Å². The van der Waals surface area contributed by atoms with E-state index >= 15 is 0 Å². The zero-order valence-electron chi connectivity index (χ0n) is 13.8. The van der Waals surface area contributed by atoms with Gasteiger partial charge in [0.15, 0.2) is 11.5 Å². The van der Waals surface area contributed by atoms with Crippen molar-refractivity contribution in [3.63, 3.8) is 0 Å². The number of barbiturate groups is 1. The molecule has 0 saturated carbocycles. The minimum absolute atomic E-state index is 0.106. The molecule has 0 atom stereocenters. The largest absolute Gasteiger partial charge is 0.503 e. The number of nitrogens with zero attached hydrogens (tertiary/aromatic N) is 1. The molecule has 27 heavy (non-hydrogen) atoms. The monoisotopic (exact) mass is 494 g/mol. The Kier molecular flexibility index (Phi) is 5.33. The maximum Gasteiger partial charge on any atom is 0.335 e. The van der Waals surface area contributed by atoms with E-state index in [9.17, 15) is 19.5 Å². The molecule has 1 aliphatic rings. The van der Waals surface area contributed by atoms with Gasteiger partial charge < -0.3 is 9.84 Å². The van der Waals surface area contributed by atoms with Crippen molar-refractivity contribution in [3.05, 3.63) is 56.5 Å². The smallest absolute Gasteiger partial charge is 0.335 e. The second kappa shape index (κ2) is 7.53. The first-order valence-corrected chi connectivity index (χ1v) is 9.14. The summed E-state index contributed by atoms with van der Waals surface area (Å²) in [6, 6.07) is 8.74. The number of anilines is 1. The van der Waals surface area contributed by atoms with Crippen LogP contribution >= 0.6 is 31.9 Å². The third-order valence-electron chi connectivity index (χ3n) is 3.75. The van der Waals surface area contributed by atoms with Crippen molar-refractivity contribution in [1.82, 2.24) is 5.32 Å². The summed E-state index contributed by atoms with van der Waals surface area (Å²) in [6.07, 6.45) is 1.32. The highest BCUT2D eigenvalue weighted by molar-refractivity contribution is 9.10. The molecule has 0 spiro atoms. The average Bonchev–Trinajstić information content (AvgIpc) is 2.61. The van der Waals surface area contributed by atoms with Crippen molar-refractivity contribution >= 4 is 61.5 Å². The number of ether oxygens (including phenoxy) is 1. The Morgan fingerprint density at radius 1 is 1.15 bits per heavy atom. The van der Waals surface area contributed by atoms with Gasteiger partial charge in [0.2, 0.25) is 0 Å². The molecule has 1 heterocycles. The van der Waals surface area contributed by atoms with E-state index in [0.29, 0.717) is 20.2 Å². The lowest BCUT2D eigenvalue weighted by molar-refractivity contribution is -0.122. The Balaban J connectivity index is 2.06. The van der Waals surface area contributed by atoms with Crippen molar-refractivity contribution in [2.24, 2.45) is 0 Å². The van der Waals surface area contributed by atoms with Crippen LogP contribution in [0.3, 0.4) is 0 Å². The van der Waals surface area contributed by atoms with Crippen LogP contribution in [0.15, 0.2) is 50.9 Å². The molecule has 9 heteroatoms. The first-order chi connectivity index (χ1) is 12.8. The van der Waals surface area contributed by atoms with Crippen molar-refractivity contribution in [3.8, 4) is 11.5 Å². The highest BCUT2D eigenvalue weighted by Crippen LogP contribution is 2.36. The molecule has 0 aromatic heterocycles. The second-order valence-electron chi connectivity index (χ2n) is 5.49. The Morgan fingerprint density at radius 2 is 1.89 bits per heavy atom. The van der Waals surface area contributed by atoms with Crippen molar-refractivity contribution in [2.45, 2.75) is 0 Å². The summed E-state index contributed by atoms with van der Waals surface area (Å²) in [5, 5.41) is 12.0. The number of rotatable bonds is 3. The molecule has 1 fully saturated rings. The van der Waals surface area contributed by atoms with Gasteiger partial charge in [0.05, 0.1) is 17.3 Å². The molecule has 2 N–H and O–H groups in total. The molecule has 4 amide bonds. The number of nitrogens with one attached hydrogen (secondary N) is 1. The first kappa shape index (κ1) is 19.1. The van der Waals surface area contributed by atoms with E-state index in [1.54, 1.807) is 24.3 Å². The van der Waals surface area contributed by atoms with Crippen LogP contribution in [0.5, 0.6) is 11.5 Å². The number of hydrogen-bond acceptors (Lipinski definition) is 5. The van der Waals surface area contributed by atoms with E-state index in [1.165, 1.54) is 25.3 Å². The zero-order valence-corrected chi connectivity index (χ0v) is 17.0. The summed E-state index contributed by atoms with van der Waals surface area (Å²) in [7, 11) is 1.38. The van der Waals surface area contributed by atoms with Crippen molar-refractivity contribution < 1.29 is 24.2 Å². The number of phenols is 1. The number of carbonyl (C=O) groups excluding carboxylic acids is 3. The number of benzene rings is 2. The number of methoxy groups -OCH3 is 1. The molecule has 0 unspecified atom stereocenters. The van der Waals surface area contributed by atoms with Gasteiger partial charge in [-0.1, -0.05) is 22.0 Å². The van der Waals surface area contributed by atoms with Gasteiger partial charge in [-0.2, -0.15) is 0 Å². The van der Waals surface area contributed by atoms with Crippen molar-refractivity contribution in [1.29, 1.82) is 0 Å². The number of phenolic OH excluding ortho intramolecular Hbond substituents is 1. The molecular weight excluding hydrogens is 484 g/mol. The topological polar surface area (TPSA) is 95.9 Å². The van der Waals surface area contributed by atoms with E-state index < -0.39 is 17.8 Å². The summed E-state index contributed by atoms with van der Waals surface area (Å²) >= 11 is 6.47. The van der Waals surface area contributed by atoms with Crippen LogP contribution in [0.1, 0.15) is 5.56 Å². The molecule has 1 aliphatic heterocycles. The molecule has 2 aromatic carbocycles. The van der Waals surface area contributed by atoms with Gasteiger partial charge >= 0.3 is 6.03 Å². The average molecular weight is 496 g/mol. The number of imide groups is 2. The second-order valence-corrected chi connectivity index (χ2v) is 7.26. The van der Waals surface area contributed by atoms with Crippen LogP contribution in [0.2, 0.25) is 0 Å². The van der Waals surface area contributed by atoms with Crippen LogP contribution < -0.4 is 15.0 Å². The molecular formula is C18H12Br2N2O5. The summed E-state index contributed by atoms with van der Waals surface area (Å²) in [5.74, 6) is -1.51. The lowest BCUT2D eigenvalue weighted by Gasteiger charge is -2.26. The lowest BCUT2D eigenvalue weighted by Crippen LogP contribution is -2.54. The maximum atomic E-state index is 12.8. The van der Waals surface area contributed by atoms with Crippen LogP contribution in [0.4, 0.5) is 10.5 Å². The fourth-order valence-corrected chi connectivity index (χ4v) is 3.35. The van der Waals surface area contributed by atoms with E-state index in [-0.39, 0.29) is 17.1 Å². The highest BCUT2D eigenvalue weighted by Gasteiger charge is 2.36. The number of aromatic hydroxyl groups is 1. The molecule has 0 radical (unpaired) electrons. The normalized spacial score (nSPS) is 15.9. The number of halogens is 2. The minimum atomic E-state index is -0.829. The molecule has 1 saturated heterocycles. The number of amides is 4. The standard InChI is InChI=1S/C18H12Br2N2O5/c1-27-14-7-9(6-13(20)15(14)23)5-12-16(24)21-18(26)22(17(12)25)11-4-2-3-10(19)8-11/h2-8,23H,1H3,(H,21,24,26)/b12-5+. The summed E-state index contributed by atoms with van der Waals surface area (Å²) in [6.45, 7) is 0. The fourth-order valence-electron chi connectivity index (χ4n) is 2.51. The Morgan fingerprint density at radius 3 is 2.56 bits per heavy atom. The van der Waals surface area contributed by atoms with E-state index in [1.807, 2.05) is 0 Å². The first-order valence-electron chi connectivity index (χ1n) is 7.55. The van der Waals surface area contributed by atoms with Gasteiger partial charge in [-0.05, 0) is 57.9 Å². The molecule has 7 nitrogen and oxygen atoms in total. The van der Waals surface area contributed by atoms with Gasteiger partial charge in [-0.15, -0.1) is 0 Å². The quantitative estimate of drug-likeness (QED) is 0.501. The minimum Gasteiger partial charge on any atom is -0.503 e. The highest BCUT2D eigenvalue weighted by atomic mass is 79.9. The summed E-state index contributed by atoms with van der Waals surface area (Å²) in [4.78, 5) is 38.1. The molecule has 3 rings (SSSR count). The molecule has 0 bridgehead atoms. The van der Waals surface area contributed by atoms with Crippen LogP contribution in [0, 0.1) is 0 Å². The predicted molar refractivity (Wildman–Crippen MR) is 106 cm³/mol. The number of carbonyl (C=O) groups is 3. The molecule has 2 aromatic rings. The Bertz CT molecular complexity index is 1000. The van der Waals surface area contributed by atoms with E-state index in [2.05, 4.69) is 37.2 Å². The zero-order chi connectivity index (χ0) is 19.7. The third-order valence-corrected chi connectivity index (χ3v) is 4.85. The Hall–Kier alpha value is -2.65. The van der Waals surface area contributed by atoms with Gasteiger partial charge in [-0.25, -0.2) is 9.69 Å². The molecule has 138 valence electrons. The lowest BCUT2D eigenvalue weighted by atomic mass is 10.1. The van der Waals surface area contributed by atoms with Gasteiger partial charge in [0.25, 0.3) is 11.8 Å². The number of hydrogen-bond donors (Lipinski definition) is 2. The fraction of sp³-hybridized carbons (Fsp3) is 0.0556. The van der Waals surface area contributed by atoms with E-state index in [4.69, 9.17) is 4.74 Å². The summed E-state index contributed by atoms with van der Waals surface area (Å²) < 4.78 is 6.07. The van der Waals surface area contributed by atoms with Crippen LogP contribution in [-0.4, -0.2) is 30.1 Å². The van der Waals surface area contributed by atoms with Gasteiger partial charge in [0, 0.05) is 4.47 Å². The Labute approximate surface area is 170 Å². The van der Waals surface area contributed by atoms with Gasteiger partial charge in [-0.3, -0.25) is 14.9 Å².